The molecule has 0 saturated carbocycles. The highest BCUT2D eigenvalue weighted by atomic mass is 35.5. The molecule has 2 amide bonds. The van der Waals surface area contributed by atoms with Crippen molar-refractivity contribution >= 4 is 29.1 Å². The van der Waals surface area contributed by atoms with Gasteiger partial charge in [0.05, 0.1) is 13.1 Å². The summed E-state index contributed by atoms with van der Waals surface area (Å²) in [6.07, 6.45) is 0.651. The Morgan fingerprint density at radius 2 is 1.68 bits per heavy atom. The van der Waals surface area contributed by atoms with Crippen LogP contribution < -0.4 is 15.0 Å². The number of ether oxygens (including phenoxy) is 1. The minimum Gasteiger partial charge on any atom is -0.508 e. The van der Waals surface area contributed by atoms with Gasteiger partial charge in [0.1, 0.15) is 17.2 Å². The summed E-state index contributed by atoms with van der Waals surface area (Å²) in [7, 11) is 0. The molecule has 1 aromatic heterocycles. The minimum atomic E-state index is -0.183. The zero-order valence-corrected chi connectivity index (χ0v) is 20.8. The standard InChI is InChI=1S/C29H26ClN3O4/c30-22-7-12-25(13-8-22)37-19-28(35)33-18-23-9-14-27(32(23)17-21-3-1-2-4-26(21)33)29(36)31-16-15-20-5-10-24(34)11-6-20/h1-14,34H,15-19H2,(H,31,36). The maximum Gasteiger partial charge on any atom is 0.267 e. The Balaban J connectivity index is 1.31. The third-order valence-corrected chi connectivity index (χ3v) is 6.60. The first-order valence-corrected chi connectivity index (χ1v) is 12.4. The Kier molecular flexibility index (Phi) is 7.14. The monoisotopic (exact) mass is 515 g/mol. The quantitative estimate of drug-likeness (QED) is 0.370. The van der Waals surface area contributed by atoms with Gasteiger partial charge in [-0.05, 0) is 72.1 Å². The number of hydrogen-bond acceptors (Lipinski definition) is 4. The third kappa shape index (κ3) is 5.62. The molecule has 4 aromatic rings. The molecule has 1 aliphatic heterocycles. The number of fused-ring (bicyclic) bond motifs is 2. The van der Waals surface area contributed by atoms with Crippen LogP contribution in [0.5, 0.6) is 11.5 Å². The second-order valence-electron chi connectivity index (χ2n) is 8.82. The summed E-state index contributed by atoms with van der Waals surface area (Å²) in [6.45, 7) is 1.14. The molecule has 0 atom stereocenters. The Hall–Kier alpha value is -4.23. The van der Waals surface area contributed by atoms with Crippen LogP contribution in [-0.2, 0) is 24.3 Å². The maximum atomic E-state index is 13.3. The number of nitrogens with one attached hydrogen (secondary N) is 1. The minimum absolute atomic E-state index is 0.124. The van der Waals surface area contributed by atoms with Crippen LogP contribution in [0.2, 0.25) is 5.02 Å². The number of para-hydroxylation sites is 1. The molecule has 188 valence electrons. The van der Waals surface area contributed by atoms with Gasteiger partial charge < -0.3 is 24.6 Å². The first-order chi connectivity index (χ1) is 18.0. The number of aromatic hydroxyl groups is 1. The van der Waals surface area contributed by atoms with Crippen molar-refractivity contribution in [3.05, 3.63) is 112 Å². The van der Waals surface area contributed by atoms with Crippen LogP contribution >= 0.6 is 11.6 Å². The Bertz CT molecular complexity index is 1410. The number of benzene rings is 3. The number of amides is 2. The maximum absolute atomic E-state index is 13.3. The lowest BCUT2D eigenvalue weighted by atomic mass is 10.1. The fraction of sp³-hybridized carbons (Fsp3) is 0.172. The number of aromatic nitrogens is 1. The van der Waals surface area contributed by atoms with Crippen molar-refractivity contribution in [2.75, 3.05) is 18.1 Å². The first-order valence-electron chi connectivity index (χ1n) is 12.0. The number of nitrogens with zero attached hydrogens (tertiary/aromatic N) is 2. The lowest BCUT2D eigenvalue weighted by Gasteiger charge is -2.22. The molecule has 5 rings (SSSR count). The number of carbonyl (C=O) groups is 2. The van der Waals surface area contributed by atoms with E-state index in [0.29, 0.717) is 42.5 Å². The predicted octanol–water partition coefficient (Wildman–Crippen LogP) is 4.79. The largest absolute Gasteiger partial charge is 0.508 e. The molecule has 0 fully saturated rings. The van der Waals surface area contributed by atoms with E-state index in [2.05, 4.69) is 5.32 Å². The van der Waals surface area contributed by atoms with Gasteiger partial charge >= 0.3 is 0 Å². The molecule has 2 N–H and O–H groups in total. The zero-order chi connectivity index (χ0) is 25.8. The van der Waals surface area contributed by atoms with Gasteiger partial charge in [0.2, 0.25) is 0 Å². The van der Waals surface area contributed by atoms with Gasteiger partial charge in [0.15, 0.2) is 6.61 Å². The summed E-state index contributed by atoms with van der Waals surface area (Å²) in [5.41, 5.74) is 4.17. The summed E-state index contributed by atoms with van der Waals surface area (Å²) < 4.78 is 7.68. The van der Waals surface area contributed by atoms with Crippen LogP contribution in [0.1, 0.15) is 27.3 Å². The van der Waals surface area contributed by atoms with Gasteiger partial charge in [0.25, 0.3) is 11.8 Å². The SMILES string of the molecule is O=C(NCCc1ccc(O)cc1)c1ccc2n1Cc1ccccc1N(C(=O)COc1ccc(Cl)cc1)C2. The van der Waals surface area contributed by atoms with Crippen molar-refractivity contribution in [3.63, 3.8) is 0 Å². The van der Waals surface area contributed by atoms with Crippen LogP contribution in [0.4, 0.5) is 5.69 Å². The number of phenolic OH excluding ortho intramolecular Hbond substituents is 1. The molecule has 2 heterocycles. The Labute approximate surface area is 219 Å². The molecule has 0 unspecified atom stereocenters. The molecule has 1 aliphatic rings. The fourth-order valence-corrected chi connectivity index (χ4v) is 4.53. The number of phenols is 1. The van der Waals surface area contributed by atoms with Gasteiger partial charge in [-0.15, -0.1) is 0 Å². The van der Waals surface area contributed by atoms with E-state index < -0.39 is 0 Å². The van der Waals surface area contributed by atoms with E-state index in [-0.39, 0.29) is 24.2 Å². The van der Waals surface area contributed by atoms with Crippen LogP contribution in [0.25, 0.3) is 0 Å². The summed E-state index contributed by atoms with van der Waals surface area (Å²) in [4.78, 5) is 28.0. The highest BCUT2D eigenvalue weighted by Crippen LogP contribution is 2.29. The summed E-state index contributed by atoms with van der Waals surface area (Å²) in [5, 5.41) is 13.0. The molecule has 0 spiro atoms. The number of rotatable bonds is 7. The van der Waals surface area contributed by atoms with Gasteiger partial charge in [-0.1, -0.05) is 41.9 Å². The van der Waals surface area contributed by atoms with Gasteiger partial charge in [-0.3, -0.25) is 9.59 Å². The highest BCUT2D eigenvalue weighted by molar-refractivity contribution is 6.30. The van der Waals surface area contributed by atoms with Crippen molar-refractivity contribution in [1.82, 2.24) is 9.88 Å². The molecule has 0 radical (unpaired) electrons. The van der Waals surface area contributed by atoms with E-state index in [4.69, 9.17) is 16.3 Å². The van der Waals surface area contributed by atoms with Gasteiger partial charge in [-0.25, -0.2) is 0 Å². The number of anilines is 1. The van der Waals surface area contributed by atoms with Crippen molar-refractivity contribution in [2.45, 2.75) is 19.5 Å². The Morgan fingerprint density at radius 1 is 0.919 bits per heavy atom. The predicted molar refractivity (Wildman–Crippen MR) is 142 cm³/mol. The number of hydrogen-bond donors (Lipinski definition) is 2. The van der Waals surface area contributed by atoms with Crippen molar-refractivity contribution in [2.24, 2.45) is 0 Å². The highest BCUT2D eigenvalue weighted by Gasteiger charge is 2.26. The number of halogens is 1. The molecule has 7 nitrogen and oxygen atoms in total. The molecular formula is C29H26ClN3O4. The topological polar surface area (TPSA) is 83.8 Å². The summed E-state index contributed by atoms with van der Waals surface area (Å²) >= 11 is 5.93. The van der Waals surface area contributed by atoms with E-state index in [1.54, 1.807) is 47.4 Å². The van der Waals surface area contributed by atoms with Crippen LogP contribution in [-0.4, -0.2) is 34.6 Å². The van der Waals surface area contributed by atoms with E-state index in [1.807, 2.05) is 47.0 Å². The lowest BCUT2D eigenvalue weighted by Crippen LogP contribution is -2.34. The van der Waals surface area contributed by atoms with Crippen LogP contribution in [0.3, 0.4) is 0 Å². The molecule has 0 saturated heterocycles. The van der Waals surface area contributed by atoms with E-state index in [1.165, 1.54) is 0 Å². The zero-order valence-electron chi connectivity index (χ0n) is 20.1. The van der Waals surface area contributed by atoms with Crippen LogP contribution in [0.15, 0.2) is 84.9 Å². The average molecular weight is 516 g/mol. The van der Waals surface area contributed by atoms with Crippen molar-refractivity contribution in [3.8, 4) is 11.5 Å². The second-order valence-corrected chi connectivity index (χ2v) is 9.26. The van der Waals surface area contributed by atoms with Crippen LogP contribution in [0, 0.1) is 0 Å². The second kappa shape index (κ2) is 10.8. The molecule has 0 aliphatic carbocycles. The Morgan fingerprint density at radius 3 is 2.46 bits per heavy atom. The van der Waals surface area contributed by atoms with Gasteiger partial charge in [-0.2, -0.15) is 0 Å². The van der Waals surface area contributed by atoms with Crippen molar-refractivity contribution < 1.29 is 19.4 Å². The van der Waals surface area contributed by atoms with Gasteiger partial charge in [0, 0.05) is 22.9 Å². The average Bonchev–Trinajstić information content (AvgIpc) is 3.22. The normalized spacial score (nSPS) is 12.3. The third-order valence-electron chi connectivity index (χ3n) is 6.35. The first kappa shape index (κ1) is 24.5. The molecule has 3 aromatic carbocycles. The van der Waals surface area contributed by atoms with E-state index >= 15 is 0 Å². The van der Waals surface area contributed by atoms with E-state index in [0.717, 1.165) is 22.5 Å². The molecule has 37 heavy (non-hydrogen) atoms. The molecule has 0 bridgehead atoms. The molecular weight excluding hydrogens is 490 g/mol. The smallest absolute Gasteiger partial charge is 0.267 e. The fourth-order valence-electron chi connectivity index (χ4n) is 4.41. The van der Waals surface area contributed by atoms with Crippen molar-refractivity contribution in [1.29, 1.82) is 0 Å². The summed E-state index contributed by atoms with van der Waals surface area (Å²) in [6, 6.07) is 25.2. The lowest BCUT2D eigenvalue weighted by molar-refractivity contribution is -0.120. The van der Waals surface area contributed by atoms with E-state index in [9.17, 15) is 14.7 Å². The molecule has 8 heteroatoms. The summed E-state index contributed by atoms with van der Waals surface area (Å²) in [5.74, 6) is 0.425. The number of carbonyl (C=O) groups excluding carboxylic acids is 2.